The molecule has 1 aliphatic heterocycles. The quantitative estimate of drug-likeness (QED) is 0.173. The molecule has 0 unspecified atom stereocenters. The Morgan fingerprint density at radius 3 is 2.48 bits per heavy atom. The van der Waals surface area contributed by atoms with Gasteiger partial charge in [0.15, 0.2) is 6.29 Å². The zero-order chi connectivity index (χ0) is 17.6. The lowest BCUT2D eigenvalue weighted by atomic mass is 9.97. The SMILES string of the molecule is C=C(C)C(=O)OCCNC(=O)N[C@@H]1[C@@H](O)[C@H](O)[C@@H](CO)O[C@H]1O. The van der Waals surface area contributed by atoms with Crippen LogP contribution in [0.15, 0.2) is 12.2 Å². The van der Waals surface area contributed by atoms with E-state index in [2.05, 4.69) is 17.2 Å². The highest BCUT2D eigenvalue weighted by molar-refractivity contribution is 5.86. The van der Waals surface area contributed by atoms with Crippen molar-refractivity contribution in [3.05, 3.63) is 12.2 Å². The molecule has 0 aromatic carbocycles. The van der Waals surface area contributed by atoms with Crippen molar-refractivity contribution >= 4 is 12.0 Å². The Morgan fingerprint density at radius 1 is 1.26 bits per heavy atom. The van der Waals surface area contributed by atoms with Gasteiger partial charge in [0.1, 0.15) is 31.0 Å². The number of aliphatic hydroxyl groups excluding tert-OH is 4. The van der Waals surface area contributed by atoms with E-state index in [0.717, 1.165) is 0 Å². The summed E-state index contributed by atoms with van der Waals surface area (Å²) < 4.78 is 9.65. The number of carbonyl (C=O) groups excluding carboxylic acids is 2. The molecule has 0 radical (unpaired) electrons. The first kappa shape index (κ1) is 19.3. The number of amides is 2. The van der Waals surface area contributed by atoms with Gasteiger partial charge in [0.2, 0.25) is 0 Å². The summed E-state index contributed by atoms with van der Waals surface area (Å²) in [6.07, 6.45) is -5.74. The molecular formula is C13H22N2O8. The third-order valence-electron chi connectivity index (χ3n) is 3.17. The maximum atomic E-state index is 11.6. The normalized spacial score (nSPS) is 30.4. The predicted molar refractivity (Wildman–Crippen MR) is 76.1 cm³/mol. The molecule has 2 amide bonds. The standard InChI is InChI=1S/C13H22N2O8/c1-6(2)11(19)22-4-3-14-13(21)15-8-10(18)9(17)7(5-16)23-12(8)20/h7-10,12,16-18,20H,1,3-5H2,2H3,(H2,14,15,21)/t7-,8-,9-,10-,12-/m1/s1. The van der Waals surface area contributed by atoms with E-state index in [0.29, 0.717) is 0 Å². The summed E-state index contributed by atoms with van der Waals surface area (Å²) in [4.78, 5) is 22.8. The fraction of sp³-hybridized carbons (Fsp3) is 0.692. The van der Waals surface area contributed by atoms with Gasteiger partial charge in [-0.3, -0.25) is 0 Å². The smallest absolute Gasteiger partial charge is 0.333 e. The second kappa shape index (κ2) is 8.79. The van der Waals surface area contributed by atoms with Gasteiger partial charge in [-0.05, 0) is 6.92 Å². The van der Waals surface area contributed by atoms with Gasteiger partial charge in [0.25, 0.3) is 0 Å². The van der Waals surface area contributed by atoms with Gasteiger partial charge < -0.3 is 40.5 Å². The van der Waals surface area contributed by atoms with Crippen LogP contribution in [-0.4, -0.2) is 82.8 Å². The third-order valence-corrected chi connectivity index (χ3v) is 3.17. The second-order valence-corrected chi connectivity index (χ2v) is 5.07. The summed E-state index contributed by atoms with van der Waals surface area (Å²) in [5, 5.41) is 42.7. The first-order chi connectivity index (χ1) is 10.8. The van der Waals surface area contributed by atoms with Gasteiger partial charge in [0, 0.05) is 5.57 Å². The van der Waals surface area contributed by atoms with Crippen LogP contribution < -0.4 is 10.6 Å². The number of carbonyl (C=O) groups is 2. The molecule has 132 valence electrons. The number of rotatable bonds is 6. The number of hydrogen-bond donors (Lipinski definition) is 6. The number of aliphatic hydroxyl groups is 4. The summed E-state index contributed by atoms with van der Waals surface area (Å²) in [7, 11) is 0. The van der Waals surface area contributed by atoms with Crippen molar-refractivity contribution in [2.24, 2.45) is 0 Å². The first-order valence-electron chi connectivity index (χ1n) is 6.95. The fourth-order valence-electron chi connectivity index (χ4n) is 1.89. The minimum Gasteiger partial charge on any atom is -0.460 e. The van der Waals surface area contributed by atoms with Crippen LogP contribution in [0.2, 0.25) is 0 Å². The van der Waals surface area contributed by atoms with Gasteiger partial charge >= 0.3 is 12.0 Å². The minimum atomic E-state index is -1.60. The molecule has 1 rings (SSSR count). The number of urea groups is 1. The van der Waals surface area contributed by atoms with Crippen LogP contribution in [0, 0.1) is 0 Å². The third kappa shape index (κ3) is 5.44. The molecule has 0 aromatic rings. The minimum absolute atomic E-state index is 0.00750. The van der Waals surface area contributed by atoms with E-state index in [-0.39, 0.29) is 18.7 Å². The summed E-state index contributed by atoms with van der Waals surface area (Å²) >= 11 is 0. The molecule has 0 aromatic heterocycles. The number of nitrogens with one attached hydrogen (secondary N) is 2. The Hall–Kier alpha value is -1.72. The molecule has 0 aliphatic carbocycles. The lowest BCUT2D eigenvalue weighted by molar-refractivity contribution is -0.252. The highest BCUT2D eigenvalue weighted by atomic mass is 16.6. The van der Waals surface area contributed by atoms with Crippen LogP contribution in [0.25, 0.3) is 0 Å². The number of esters is 1. The van der Waals surface area contributed by atoms with E-state index >= 15 is 0 Å². The van der Waals surface area contributed by atoms with Crippen molar-refractivity contribution in [2.45, 2.75) is 37.6 Å². The second-order valence-electron chi connectivity index (χ2n) is 5.07. The van der Waals surface area contributed by atoms with E-state index in [1.165, 1.54) is 6.92 Å². The van der Waals surface area contributed by atoms with Crippen LogP contribution in [0.3, 0.4) is 0 Å². The highest BCUT2D eigenvalue weighted by Crippen LogP contribution is 2.19. The van der Waals surface area contributed by atoms with Crippen LogP contribution >= 0.6 is 0 Å². The van der Waals surface area contributed by atoms with Crippen molar-refractivity contribution in [3.63, 3.8) is 0 Å². The van der Waals surface area contributed by atoms with Crippen molar-refractivity contribution in [2.75, 3.05) is 19.8 Å². The van der Waals surface area contributed by atoms with Crippen molar-refractivity contribution in [1.29, 1.82) is 0 Å². The number of ether oxygens (including phenoxy) is 2. The van der Waals surface area contributed by atoms with Crippen LogP contribution in [-0.2, 0) is 14.3 Å². The monoisotopic (exact) mass is 334 g/mol. The molecule has 23 heavy (non-hydrogen) atoms. The van der Waals surface area contributed by atoms with Gasteiger partial charge in [-0.2, -0.15) is 0 Å². The first-order valence-corrected chi connectivity index (χ1v) is 6.95. The van der Waals surface area contributed by atoms with E-state index in [1.807, 2.05) is 0 Å². The van der Waals surface area contributed by atoms with Crippen molar-refractivity contribution < 1.29 is 39.5 Å². The zero-order valence-corrected chi connectivity index (χ0v) is 12.6. The molecule has 0 bridgehead atoms. The Morgan fingerprint density at radius 2 is 1.91 bits per heavy atom. The molecular weight excluding hydrogens is 312 g/mol. The topological polar surface area (TPSA) is 158 Å². The summed E-state index contributed by atoms with van der Waals surface area (Å²) in [5.41, 5.74) is 0.229. The predicted octanol–water partition coefficient (Wildman–Crippen LogP) is -2.80. The maximum absolute atomic E-state index is 11.6. The molecule has 10 nitrogen and oxygen atoms in total. The van der Waals surface area contributed by atoms with E-state index < -0.39 is 49.3 Å². The van der Waals surface area contributed by atoms with E-state index in [4.69, 9.17) is 14.6 Å². The lowest BCUT2D eigenvalue weighted by Crippen LogP contribution is -2.65. The molecule has 1 aliphatic rings. The average Bonchev–Trinajstić information content (AvgIpc) is 2.51. The molecule has 1 saturated heterocycles. The number of hydrogen-bond acceptors (Lipinski definition) is 8. The molecule has 5 atom stereocenters. The fourth-order valence-corrected chi connectivity index (χ4v) is 1.89. The average molecular weight is 334 g/mol. The molecule has 0 saturated carbocycles. The highest BCUT2D eigenvalue weighted by Gasteiger charge is 2.44. The zero-order valence-electron chi connectivity index (χ0n) is 12.6. The molecule has 1 heterocycles. The van der Waals surface area contributed by atoms with Gasteiger partial charge in [0.05, 0.1) is 13.2 Å². The largest absolute Gasteiger partial charge is 0.460 e. The summed E-state index contributed by atoms with van der Waals surface area (Å²) in [6.45, 7) is 4.20. The Labute approximate surface area is 132 Å². The Bertz CT molecular complexity index is 444. The van der Waals surface area contributed by atoms with Gasteiger partial charge in [-0.15, -0.1) is 0 Å². The van der Waals surface area contributed by atoms with Crippen LogP contribution in [0.5, 0.6) is 0 Å². The maximum Gasteiger partial charge on any atom is 0.333 e. The van der Waals surface area contributed by atoms with Crippen molar-refractivity contribution in [3.8, 4) is 0 Å². The van der Waals surface area contributed by atoms with Crippen LogP contribution in [0.1, 0.15) is 6.92 Å². The van der Waals surface area contributed by atoms with Crippen molar-refractivity contribution in [1.82, 2.24) is 10.6 Å². The summed E-state index contributed by atoms with van der Waals surface area (Å²) in [5.74, 6) is -0.586. The van der Waals surface area contributed by atoms with Gasteiger partial charge in [-0.1, -0.05) is 6.58 Å². The summed E-state index contributed by atoms with van der Waals surface area (Å²) in [6, 6.07) is -2.05. The van der Waals surface area contributed by atoms with Crippen LogP contribution in [0.4, 0.5) is 4.79 Å². The molecule has 1 fully saturated rings. The molecule has 10 heteroatoms. The van der Waals surface area contributed by atoms with Gasteiger partial charge in [-0.25, -0.2) is 9.59 Å². The van der Waals surface area contributed by atoms with E-state index in [1.54, 1.807) is 0 Å². The van der Waals surface area contributed by atoms with E-state index in [9.17, 15) is 24.9 Å². The lowest BCUT2D eigenvalue weighted by Gasteiger charge is -2.40. The molecule has 0 spiro atoms. The molecule has 6 N–H and O–H groups in total. The Kier molecular flexibility index (Phi) is 7.39. The Balaban J connectivity index is 2.38.